The lowest BCUT2D eigenvalue weighted by Gasteiger charge is -2.21. The van der Waals surface area contributed by atoms with Crippen LogP contribution in [0.5, 0.6) is 11.5 Å². The first-order chi connectivity index (χ1) is 9.85. The predicted octanol–water partition coefficient (Wildman–Crippen LogP) is 4.65. The number of hydrogen-bond acceptors (Lipinski definition) is 2. The van der Waals surface area contributed by atoms with Gasteiger partial charge in [-0.2, -0.15) is 0 Å². The van der Waals surface area contributed by atoms with E-state index in [1.54, 1.807) is 6.07 Å². The lowest BCUT2D eigenvalue weighted by atomic mass is 10.1. The van der Waals surface area contributed by atoms with Crippen LogP contribution in [0, 0.1) is 11.6 Å². The number of halogens is 2. The summed E-state index contributed by atoms with van der Waals surface area (Å²) in [5.41, 5.74) is 0.880. The third-order valence-electron chi connectivity index (χ3n) is 2.90. The Morgan fingerprint density at radius 1 is 1.00 bits per heavy atom. The molecule has 112 valence electrons. The second kappa shape index (κ2) is 6.22. The highest BCUT2D eigenvalue weighted by Gasteiger charge is 2.12. The van der Waals surface area contributed by atoms with Crippen molar-refractivity contribution >= 4 is 0 Å². The lowest BCUT2D eigenvalue weighted by molar-refractivity contribution is 0.406. The molecule has 0 aliphatic rings. The summed E-state index contributed by atoms with van der Waals surface area (Å²) in [6.07, 6.45) is 0. The van der Waals surface area contributed by atoms with E-state index in [1.807, 2.05) is 18.2 Å². The molecule has 0 aliphatic heterocycles. The molecule has 2 nitrogen and oxygen atoms in total. The summed E-state index contributed by atoms with van der Waals surface area (Å²) >= 11 is 0. The minimum absolute atomic E-state index is 0.0135. The number of benzene rings is 2. The monoisotopic (exact) mass is 291 g/mol. The van der Waals surface area contributed by atoms with Crippen LogP contribution in [0.2, 0.25) is 0 Å². The van der Waals surface area contributed by atoms with Crippen molar-refractivity contribution in [3.05, 3.63) is 59.7 Å². The molecule has 0 aromatic heterocycles. The van der Waals surface area contributed by atoms with Gasteiger partial charge in [-0.3, -0.25) is 0 Å². The molecule has 0 radical (unpaired) electrons. The van der Waals surface area contributed by atoms with E-state index in [0.29, 0.717) is 12.3 Å². The van der Waals surface area contributed by atoms with E-state index < -0.39 is 11.6 Å². The number of rotatable bonds is 4. The Labute approximate surface area is 123 Å². The van der Waals surface area contributed by atoms with Crippen LogP contribution in [0.4, 0.5) is 8.78 Å². The van der Waals surface area contributed by atoms with Crippen LogP contribution >= 0.6 is 0 Å². The largest absolute Gasteiger partial charge is 0.454 e. The molecule has 2 rings (SSSR count). The zero-order chi connectivity index (χ0) is 15.5. The third-order valence-corrected chi connectivity index (χ3v) is 2.90. The quantitative estimate of drug-likeness (QED) is 0.885. The van der Waals surface area contributed by atoms with Crippen LogP contribution in [-0.4, -0.2) is 5.54 Å². The molecule has 0 heterocycles. The van der Waals surface area contributed by atoms with Gasteiger partial charge in [0, 0.05) is 23.7 Å². The van der Waals surface area contributed by atoms with Crippen LogP contribution < -0.4 is 10.1 Å². The molecule has 0 saturated heterocycles. The molecule has 4 heteroatoms. The van der Waals surface area contributed by atoms with E-state index in [2.05, 4.69) is 26.1 Å². The van der Waals surface area contributed by atoms with E-state index in [1.165, 1.54) is 12.1 Å². The maximum Gasteiger partial charge on any atom is 0.168 e. The van der Waals surface area contributed by atoms with Gasteiger partial charge in [0.05, 0.1) is 0 Å². The van der Waals surface area contributed by atoms with Crippen molar-refractivity contribution in [1.82, 2.24) is 5.32 Å². The first kappa shape index (κ1) is 15.4. The van der Waals surface area contributed by atoms with Crippen molar-refractivity contribution in [3.63, 3.8) is 0 Å². The number of nitrogens with one attached hydrogen (secondary N) is 1. The Bertz CT molecular complexity index is 620. The smallest absolute Gasteiger partial charge is 0.168 e. The van der Waals surface area contributed by atoms with Crippen LogP contribution in [0.3, 0.4) is 0 Å². The van der Waals surface area contributed by atoms with Gasteiger partial charge >= 0.3 is 0 Å². The molecule has 0 saturated carbocycles. The number of hydrogen-bond donors (Lipinski definition) is 1. The molecular weight excluding hydrogens is 272 g/mol. The molecule has 0 atom stereocenters. The zero-order valence-electron chi connectivity index (χ0n) is 12.4. The summed E-state index contributed by atoms with van der Waals surface area (Å²) in [6, 6.07) is 10.7. The van der Waals surface area contributed by atoms with Crippen molar-refractivity contribution in [2.45, 2.75) is 32.9 Å². The molecule has 1 N–H and O–H groups in total. The van der Waals surface area contributed by atoms with Gasteiger partial charge in [0.2, 0.25) is 0 Å². The standard InChI is InChI=1S/C17H19F2NO/c1-17(2,3)20-11-12-6-4-5-7-15(12)21-16-9-8-13(18)10-14(16)19/h4-10,20H,11H2,1-3H3. The SMILES string of the molecule is CC(C)(C)NCc1ccccc1Oc1ccc(F)cc1F. The Kier molecular flexibility index (Phi) is 4.58. The summed E-state index contributed by atoms with van der Waals surface area (Å²) < 4.78 is 32.2. The number of para-hydroxylation sites is 1. The summed E-state index contributed by atoms with van der Waals surface area (Å²) in [5.74, 6) is -0.768. The van der Waals surface area contributed by atoms with Crippen LogP contribution in [0.15, 0.2) is 42.5 Å². The molecule has 2 aromatic carbocycles. The summed E-state index contributed by atoms with van der Waals surface area (Å²) in [6.45, 7) is 6.80. The van der Waals surface area contributed by atoms with Crippen molar-refractivity contribution < 1.29 is 13.5 Å². The number of ether oxygens (including phenoxy) is 1. The first-order valence-corrected chi connectivity index (χ1v) is 6.81. The van der Waals surface area contributed by atoms with Crippen molar-refractivity contribution in [2.75, 3.05) is 0 Å². The van der Waals surface area contributed by atoms with Gasteiger partial charge < -0.3 is 10.1 Å². The van der Waals surface area contributed by atoms with Gasteiger partial charge in [-0.25, -0.2) is 8.78 Å². The summed E-state index contributed by atoms with van der Waals surface area (Å²) in [4.78, 5) is 0. The average Bonchev–Trinajstić information content (AvgIpc) is 2.40. The normalized spacial score (nSPS) is 11.5. The van der Waals surface area contributed by atoms with E-state index >= 15 is 0 Å². The fourth-order valence-electron chi connectivity index (χ4n) is 1.79. The topological polar surface area (TPSA) is 21.3 Å². The maximum absolute atomic E-state index is 13.7. The van der Waals surface area contributed by atoms with Crippen LogP contribution in [0.25, 0.3) is 0 Å². The molecule has 21 heavy (non-hydrogen) atoms. The van der Waals surface area contributed by atoms with Crippen molar-refractivity contribution in [3.8, 4) is 11.5 Å². The molecule has 0 aliphatic carbocycles. The molecule has 0 amide bonds. The minimum Gasteiger partial charge on any atom is -0.454 e. The highest BCUT2D eigenvalue weighted by molar-refractivity contribution is 5.38. The highest BCUT2D eigenvalue weighted by atomic mass is 19.1. The maximum atomic E-state index is 13.7. The molecule has 2 aromatic rings. The van der Waals surface area contributed by atoms with Gasteiger partial charge in [0.15, 0.2) is 11.6 Å². The van der Waals surface area contributed by atoms with Gasteiger partial charge in [0.1, 0.15) is 11.6 Å². The Hall–Kier alpha value is -1.94. The lowest BCUT2D eigenvalue weighted by Crippen LogP contribution is -2.35. The van der Waals surface area contributed by atoms with Gasteiger partial charge in [0.25, 0.3) is 0 Å². The predicted molar refractivity (Wildman–Crippen MR) is 79.5 cm³/mol. The molecule has 0 fully saturated rings. The summed E-state index contributed by atoms with van der Waals surface area (Å²) in [5, 5.41) is 3.35. The van der Waals surface area contributed by atoms with Crippen LogP contribution in [0.1, 0.15) is 26.3 Å². The van der Waals surface area contributed by atoms with Gasteiger partial charge in [-0.1, -0.05) is 18.2 Å². The fraction of sp³-hybridized carbons (Fsp3) is 0.294. The second-order valence-electron chi connectivity index (χ2n) is 5.89. The molecule has 0 spiro atoms. The Morgan fingerprint density at radius 2 is 1.71 bits per heavy atom. The van der Waals surface area contributed by atoms with Crippen molar-refractivity contribution in [2.24, 2.45) is 0 Å². The highest BCUT2D eigenvalue weighted by Crippen LogP contribution is 2.28. The molecule has 0 unspecified atom stereocenters. The zero-order valence-corrected chi connectivity index (χ0v) is 12.4. The van der Waals surface area contributed by atoms with Gasteiger partial charge in [-0.15, -0.1) is 0 Å². The Morgan fingerprint density at radius 3 is 2.38 bits per heavy atom. The van der Waals surface area contributed by atoms with Gasteiger partial charge in [-0.05, 0) is 39.0 Å². The van der Waals surface area contributed by atoms with E-state index in [0.717, 1.165) is 11.6 Å². The van der Waals surface area contributed by atoms with Crippen molar-refractivity contribution in [1.29, 1.82) is 0 Å². The average molecular weight is 291 g/mol. The minimum atomic E-state index is -0.714. The molecular formula is C17H19F2NO. The van der Waals surface area contributed by atoms with E-state index in [-0.39, 0.29) is 11.3 Å². The van der Waals surface area contributed by atoms with Crippen LogP contribution in [-0.2, 0) is 6.54 Å². The third kappa shape index (κ3) is 4.53. The Balaban J connectivity index is 2.20. The first-order valence-electron chi connectivity index (χ1n) is 6.81. The van der Waals surface area contributed by atoms with E-state index in [9.17, 15) is 8.78 Å². The summed E-state index contributed by atoms with van der Waals surface area (Å²) in [7, 11) is 0. The van der Waals surface area contributed by atoms with E-state index in [4.69, 9.17) is 4.74 Å². The molecule has 0 bridgehead atoms. The second-order valence-corrected chi connectivity index (χ2v) is 5.89. The fourth-order valence-corrected chi connectivity index (χ4v) is 1.79.